The van der Waals surface area contributed by atoms with Crippen molar-refractivity contribution in [3.05, 3.63) is 35.8 Å². The zero-order chi connectivity index (χ0) is 13.9. The normalized spacial score (nSPS) is 17.5. The number of halogens is 1. The lowest BCUT2D eigenvalue weighted by atomic mass is 10.1. The molecule has 3 rings (SSSR count). The first-order valence-electron chi connectivity index (χ1n) is 7.78. The zero-order valence-electron chi connectivity index (χ0n) is 12.2. The van der Waals surface area contributed by atoms with Crippen molar-refractivity contribution in [2.24, 2.45) is 0 Å². The van der Waals surface area contributed by atoms with Crippen molar-refractivity contribution < 1.29 is 4.39 Å². The van der Waals surface area contributed by atoms with Gasteiger partial charge in [-0.15, -0.1) is 0 Å². The molecule has 0 radical (unpaired) electrons. The fourth-order valence-electron chi connectivity index (χ4n) is 3.30. The molecule has 2 aromatic rings. The third kappa shape index (κ3) is 2.59. The minimum Gasteiger partial charge on any atom is -0.345 e. The molecule has 1 aliphatic rings. The molecule has 1 aromatic carbocycles. The van der Waals surface area contributed by atoms with E-state index in [1.165, 1.54) is 44.3 Å². The van der Waals surface area contributed by atoms with E-state index in [4.69, 9.17) is 0 Å². The van der Waals surface area contributed by atoms with Crippen molar-refractivity contribution in [1.29, 1.82) is 0 Å². The quantitative estimate of drug-likeness (QED) is 0.815. The number of likely N-dealkylation sites (tertiary alicyclic amines) is 1. The number of nitrogens with zero attached hydrogens (tertiary/aromatic N) is 2. The molecule has 1 fully saturated rings. The molecule has 0 N–H and O–H groups in total. The van der Waals surface area contributed by atoms with Gasteiger partial charge in [-0.25, -0.2) is 4.39 Å². The largest absolute Gasteiger partial charge is 0.345 e. The van der Waals surface area contributed by atoms with Gasteiger partial charge in [-0.05, 0) is 44.5 Å². The molecule has 1 aromatic heterocycles. The van der Waals surface area contributed by atoms with Crippen molar-refractivity contribution in [3.8, 4) is 0 Å². The fraction of sp³-hybridized carbons (Fsp3) is 0.529. The van der Waals surface area contributed by atoms with Gasteiger partial charge < -0.3 is 4.57 Å². The third-order valence-corrected chi connectivity index (χ3v) is 4.36. The highest BCUT2D eigenvalue weighted by Crippen LogP contribution is 2.26. The Balaban J connectivity index is 1.93. The Bertz CT molecular complexity index is 580. The molecule has 0 saturated carbocycles. The van der Waals surface area contributed by atoms with Gasteiger partial charge in [-0.1, -0.05) is 25.0 Å². The molecule has 1 aliphatic heterocycles. The minimum absolute atomic E-state index is 0.105. The van der Waals surface area contributed by atoms with E-state index in [2.05, 4.69) is 24.1 Å². The Labute approximate surface area is 120 Å². The highest BCUT2D eigenvalue weighted by atomic mass is 19.1. The lowest BCUT2D eigenvalue weighted by Gasteiger charge is -2.19. The Hall–Kier alpha value is -1.35. The topological polar surface area (TPSA) is 8.17 Å². The van der Waals surface area contributed by atoms with Crippen LogP contribution in [0.25, 0.3) is 10.9 Å². The van der Waals surface area contributed by atoms with E-state index in [1.807, 2.05) is 10.6 Å². The van der Waals surface area contributed by atoms with Crippen LogP contribution in [-0.2, 0) is 13.1 Å². The summed E-state index contributed by atoms with van der Waals surface area (Å²) in [5.74, 6) is -0.105. The van der Waals surface area contributed by atoms with Crippen LogP contribution in [0.1, 0.15) is 38.2 Å². The van der Waals surface area contributed by atoms with Crippen molar-refractivity contribution in [2.45, 2.75) is 45.7 Å². The lowest BCUT2D eigenvalue weighted by molar-refractivity contribution is 0.278. The molecule has 0 bridgehead atoms. The Morgan fingerprint density at radius 2 is 1.85 bits per heavy atom. The van der Waals surface area contributed by atoms with Gasteiger partial charge in [0, 0.05) is 24.7 Å². The summed E-state index contributed by atoms with van der Waals surface area (Å²) < 4.78 is 16.1. The molecule has 2 heterocycles. The average molecular weight is 274 g/mol. The van der Waals surface area contributed by atoms with Gasteiger partial charge in [-0.2, -0.15) is 0 Å². The van der Waals surface area contributed by atoms with E-state index in [-0.39, 0.29) is 5.82 Å². The number of aromatic nitrogens is 1. The SMILES string of the molecule is CCn1cc(CN2CCCCCC2)c2cccc(F)c21. The van der Waals surface area contributed by atoms with Crippen LogP contribution >= 0.6 is 0 Å². The number of hydrogen-bond acceptors (Lipinski definition) is 1. The van der Waals surface area contributed by atoms with Crippen LogP contribution in [0.5, 0.6) is 0 Å². The van der Waals surface area contributed by atoms with Crippen molar-refractivity contribution in [1.82, 2.24) is 9.47 Å². The maximum absolute atomic E-state index is 14.1. The van der Waals surface area contributed by atoms with Gasteiger partial charge in [0.1, 0.15) is 5.82 Å². The van der Waals surface area contributed by atoms with E-state index in [0.717, 1.165) is 24.0 Å². The van der Waals surface area contributed by atoms with Gasteiger partial charge >= 0.3 is 0 Å². The van der Waals surface area contributed by atoms with Crippen LogP contribution in [-0.4, -0.2) is 22.6 Å². The summed E-state index contributed by atoms with van der Waals surface area (Å²) in [5.41, 5.74) is 2.03. The van der Waals surface area contributed by atoms with Gasteiger partial charge in [0.25, 0.3) is 0 Å². The Kier molecular flexibility index (Phi) is 4.06. The van der Waals surface area contributed by atoms with E-state index in [1.54, 1.807) is 6.07 Å². The van der Waals surface area contributed by atoms with Crippen LogP contribution in [0, 0.1) is 5.82 Å². The van der Waals surface area contributed by atoms with Crippen LogP contribution in [0.2, 0.25) is 0 Å². The van der Waals surface area contributed by atoms with E-state index in [9.17, 15) is 4.39 Å². The molecule has 2 nitrogen and oxygen atoms in total. The second-order valence-corrected chi connectivity index (χ2v) is 5.77. The Morgan fingerprint density at radius 1 is 1.10 bits per heavy atom. The first kappa shape index (κ1) is 13.6. The molecule has 1 saturated heterocycles. The number of para-hydroxylation sites is 1. The second-order valence-electron chi connectivity index (χ2n) is 5.77. The average Bonchev–Trinajstić information content (AvgIpc) is 2.63. The van der Waals surface area contributed by atoms with E-state index < -0.39 is 0 Å². The molecule has 0 amide bonds. The highest BCUT2D eigenvalue weighted by molar-refractivity contribution is 5.84. The maximum atomic E-state index is 14.1. The van der Waals surface area contributed by atoms with Crippen LogP contribution < -0.4 is 0 Å². The first-order chi connectivity index (χ1) is 9.79. The maximum Gasteiger partial charge on any atom is 0.147 e. The summed E-state index contributed by atoms with van der Waals surface area (Å²) in [6, 6.07) is 5.44. The standard InChI is InChI=1S/C17H23FN2/c1-2-20-13-14(12-19-10-5-3-4-6-11-19)15-8-7-9-16(18)17(15)20/h7-9,13H,2-6,10-12H2,1H3. The first-order valence-corrected chi connectivity index (χ1v) is 7.78. The van der Waals surface area contributed by atoms with Gasteiger partial charge in [-0.3, -0.25) is 4.90 Å². The zero-order valence-corrected chi connectivity index (χ0v) is 12.2. The summed E-state index contributed by atoms with van der Waals surface area (Å²) >= 11 is 0. The number of hydrogen-bond donors (Lipinski definition) is 0. The molecular weight excluding hydrogens is 251 g/mol. The number of benzene rings is 1. The van der Waals surface area contributed by atoms with E-state index in [0.29, 0.717) is 0 Å². The van der Waals surface area contributed by atoms with Crippen LogP contribution in [0.4, 0.5) is 4.39 Å². The molecular formula is C17H23FN2. The minimum atomic E-state index is -0.105. The fourth-order valence-corrected chi connectivity index (χ4v) is 3.30. The molecule has 0 aliphatic carbocycles. The van der Waals surface area contributed by atoms with Crippen molar-refractivity contribution in [3.63, 3.8) is 0 Å². The second kappa shape index (κ2) is 5.96. The van der Waals surface area contributed by atoms with Crippen molar-refractivity contribution >= 4 is 10.9 Å². The van der Waals surface area contributed by atoms with Crippen LogP contribution in [0.15, 0.2) is 24.4 Å². The smallest absolute Gasteiger partial charge is 0.147 e. The summed E-state index contributed by atoms with van der Waals surface area (Å²) in [6.07, 6.45) is 7.42. The predicted molar refractivity (Wildman–Crippen MR) is 81.3 cm³/mol. The summed E-state index contributed by atoms with van der Waals surface area (Å²) in [6.45, 7) is 6.19. The third-order valence-electron chi connectivity index (χ3n) is 4.36. The monoisotopic (exact) mass is 274 g/mol. The molecule has 0 unspecified atom stereocenters. The highest BCUT2D eigenvalue weighted by Gasteiger charge is 2.15. The molecule has 3 heteroatoms. The molecule has 20 heavy (non-hydrogen) atoms. The lowest BCUT2D eigenvalue weighted by Crippen LogP contribution is -2.23. The van der Waals surface area contributed by atoms with Crippen LogP contribution in [0.3, 0.4) is 0 Å². The summed E-state index contributed by atoms with van der Waals surface area (Å²) in [5, 5.41) is 1.08. The van der Waals surface area contributed by atoms with Gasteiger partial charge in [0.15, 0.2) is 0 Å². The van der Waals surface area contributed by atoms with Crippen molar-refractivity contribution in [2.75, 3.05) is 13.1 Å². The Morgan fingerprint density at radius 3 is 2.55 bits per heavy atom. The number of rotatable bonds is 3. The molecule has 0 spiro atoms. The van der Waals surface area contributed by atoms with Gasteiger partial charge in [0.2, 0.25) is 0 Å². The van der Waals surface area contributed by atoms with E-state index >= 15 is 0 Å². The summed E-state index contributed by atoms with van der Waals surface area (Å²) in [7, 11) is 0. The van der Waals surface area contributed by atoms with Gasteiger partial charge in [0.05, 0.1) is 5.52 Å². The molecule has 0 atom stereocenters. The predicted octanol–water partition coefficient (Wildman–Crippen LogP) is 4.18. The molecule has 108 valence electrons. The summed E-state index contributed by atoms with van der Waals surface area (Å²) in [4.78, 5) is 2.52. The number of fused-ring (bicyclic) bond motifs is 1. The number of aryl methyl sites for hydroxylation is 1.